The minimum atomic E-state index is -0.222. The van der Waals surface area contributed by atoms with Crippen molar-refractivity contribution < 1.29 is 9.53 Å². The van der Waals surface area contributed by atoms with E-state index in [-0.39, 0.29) is 36.1 Å². The number of nitrogens with zero attached hydrogens (tertiary/aromatic N) is 4. The second-order valence-electron chi connectivity index (χ2n) is 6.65. The number of guanidine groups is 1. The van der Waals surface area contributed by atoms with Crippen molar-refractivity contribution in [1.82, 2.24) is 25.3 Å². The molecule has 9 heteroatoms. The molecular weight excluding hydrogens is 483 g/mol. The van der Waals surface area contributed by atoms with Gasteiger partial charge in [-0.2, -0.15) is 5.10 Å². The number of carbonyl (C=O) groups is 1. The first-order valence-corrected chi connectivity index (χ1v) is 9.67. The molecule has 1 aliphatic rings. The van der Waals surface area contributed by atoms with Gasteiger partial charge in [-0.25, -0.2) is 9.48 Å². The van der Waals surface area contributed by atoms with Crippen LogP contribution in [0.3, 0.4) is 0 Å². The Morgan fingerprint density at radius 1 is 1.31 bits per heavy atom. The van der Waals surface area contributed by atoms with Crippen LogP contribution in [0.15, 0.2) is 47.7 Å². The van der Waals surface area contributed by atoms with E-state index in [2.05, 4.69) is 32.9 Å². The molecule has 8 nitrogen and oxygen atoms in total. The zero-order valence-corrected chi connectivity index (χ0v) is 19.2. The SMILES string of the molecule is CCOC(=O)N1CCC(NC(=NC)NCc2cccc(-n3cccn3)c2)CC1.I. The van der Waals surface area contributed by atoms with E-state index >= 15 is 0 Å². The van der Waals surface area contributed by atoms with Gasteiger partial charge in [0.25, 0.3) is 0 Å². The molecule has 2 aromatic rings. The lowest BCUT2D eigenvalue weighted by atomic mass is 10.1. The lowest BCUT2D eigenvalue weighted by Gasteiger charge is -2.32. The van der Waals surface area contributed by atoms with Crippen LogP contribution in [0.5, 0.6) is 0 Å². The Balaban J connectivity index is 0.00000300. The molecule has 29 heavy (non-hydrogen) atoms. The number of amides is 1. The van der Waals surface area contributed by atoms with Crippen LogP contribution in [0.1, 0.15) is 25.3 Å². The maximum atomic E-state index is 11.8. The van der Waals surface area contributed by atoms with E-state index in [4.69, 9.17) is 4.74 Å². The molecule has 3 rings (SSSR count). The van der Waals surface area contributed by atoms with E-state index in [9.17, 15) is 4.79 Å². The number of carbonyl (C=O) groups excluding carboxylic acids is 1. The summed E-state index contributed by atoms with van der Waals surface area (Å²) in [6.45, 7) is 4.29. The molecule has 1 amide bonds. The fourth-order valence-corrected chi connectivity index (χ4v) is 3.23. The molecule has 0 bridgehead atoms. The largest absolute Gasteiger partial charge is 0.450 e. The van der Waals surface area contributed by atoms with Gasteiger partial charge in [0.1, 0.15) is 0 Å². The molecule has 0 aliphatic carbocycles. The van der Waals surface area contributed by atoms with E-state index in [0.29, 0.717) is 26.2 Å². The number of hydrogen-bond acceptors (Lipinski definition) is 4. The summed E-state index contributed by atoms with van der Waals surface area (Å²) >= 11 is 0. The van der Waals surface area contributed by atoms with E-state index in [0.717, 1.165) is 30.1 Å². The van der Waals surface area contributed by atoms with Crippen LogP contribution in [0.2, 0.25) is 0 Å². The molecule has 0 saturated carbocycles. The topological polar surface area (TPSA) is 83.8 Å². The van der Waals surface area contributed by atoms with Crippen molar-refractivity contribution in [2.75, 3.05) is 26.7 Å². The van der Waals surface area contributed by atoms with Crippen LogP contribution in [0.4, 0.5) is 4.79 Å². The molecule has 0 unspecified atom stereocenters. The molecule has 1 fully saturated rings. The van der Waals surface area contributed by atoms with Crippen molar-refractivity contribution in [3.05, 3.63) is 48.3 Å². The van der Waals surface area contributed by atoms with Crippen LogP contribution in [0, 0.1) is 0 Å². The average molecular weight is 512 g/mol. The second kappa shape index (κ2) is 11.6. The number of rotatable bonds is 5. The van der Waals surface area contributed by atoms with Crippen molar-refractivity contribution in [1.29, 1.82) is 0 Å². The molecule has 2 N–H and O–H groups in total. The molecule has 1 aromatic heterocycles. The van der Waals surface area contributed by atoms with Crippen LogP contribution in [-0.2, 0) is 11.3 Å². The van der Waals surface area contributed by atoms with Crippen LogP contribution in [-0.4, -0.2) is 59.5 Å². The van der Waals surface area contributed by atoms with Crippen molar-refractivity contribution in [2.24, 2.45) is 4.99 Å². The maximum Gasteiger partial charge on any atom is 0.409 e. The minimum Gasteiger partial charge on any atom is -0.450 e. The monoisotopic (exact) mass is 512 g/mol. The number of hydrogen-bond donors (Lipinski definition) is 2. The lowest BCUT2D eigenvalue weighted by Crippen LogP contribution is -2.49. The number of nitrogens with one attached hydrogen (secondary N) is 2. The number of aliphatic imine (C=N–C) groups is 1. The first-order chi connectivity index (χ1) is 13.7. The van der Waals surface area contributed by atoms with Gasteiger partial charge in [0.15, 0.2) is 5.96 Å². The third-order valence-electron chi connectivity index (χ3n) is 4.72. The Morgan fingerprint density at radius 3 is 2.76 bits per heavy atom. The van der Waals surface area contributed by atoms with Gasteiger partial charge in [-0.15, -0.1) is 24.0 Å². The molecule has 1 saturated heterocycles. The van der Waals surface area contributed by atoms with Gasteiger partial charge in [0.05, 0.1) is 12.3 Å². The Bertz CT molecular complexity index is 788. The van der Waals surface area contributed by atoms with Crippen molar-refractivity contribution in [2.45, 2.75) is 32.4 Å². The molecule has 1 aliphatic heterocycles. The fraction of sp³-hybridized carbons (Fsp3) is 0.450. The number of benzene rings is 1. The van der Waals surface area contributed by atoms with Crippen molar-refractivity contribution in [3.8, 4) is 5.69 Å². The highest BCUT2D eigenvalue weighted by atomic mass is 127. The van der Waals surface area contributed by atoms with Crippen LogP contribution in [0.25, 0.3) is 5.69 Å². The zero-order valence-electron chi connectivity index (χ0n) is 16.9. The van der Waals surface area contributed by atoms with Gasteiger partial charge in [-0.1, -0.05) is 12.1 Å². The van der Waals surface area contributed by atoms with E-state index in [1.807, 2.05) is 36.0 Å². The summed E-state index contributed by atoms with van der Waals surface area (Å²) in [5.74, 6) is 0.763. The van der Waals surface area contributed by atoms with E-state index < -0.39 is 0 Å². The highest BCUT2D eigenvalue weighted by Gasteiger charge is 2.23. The summed E-state index contributed by atoms with van der Waals surface area (Å²) in [6, 6.07) is 10.4. The molecule has 2 heterocycles. The van der Waals surface area contributed by atoms with Gasteiger partial charge >= 0.3 is 6.09 Å². The highest BCUT2D eigenvalue weighted by molar-refractivity contribution is 14.0. The van der Waals surface area contributed by atoms with Crippen molar-refractivity contribution >= 4 is 36.0 Å². The number of likely N-dealkylation sites (tertiary alicyclic amines) is 1. The molecule has 158 valence electrons. The maximum absolute atomic E-state index is 11.8. The molecule has 0 spiro atoms. The first kappa shape index (κ1) is 23.0. The van der Waals surface area contributed by atoms with Gasteiger partial charge in [-0.3, -0.25) is 4.99 Å². The number of ether oxygens (including phenoxy) is 1. The summed E-state index contributed by atoms with van der Waals surface area (Å²) in [5.41, 5.74) is 2.17. The summed E-state index contributed by atoms with van der Waals surface area (Å²) in [4.78, 5) is 17.9. The van der Waals surface area contributed by atoms with Crippen LogP contribution < -0.4 is 10.6 Å². The third-order valence-corrected chi connectivity index (χ3v) is 4.72. The standard InChI is InChI=1S/C20H28N6O2.HI/c1-3-28-20(27)25-12-8-17(9-13-25)24-19(21-2)22-15-16-6-4-7-18(14-16)26-11-5-10-23-26;/h4-7,10-11,14,17H,3,8-9,12-13,15H2,1-2H3,(H2,21,22,24);1H. The number of piperidine rings is 1. The van der Waals surface area contributed by atoms with E-state index in [1.54, 1.807) is 18.1 Å². The molecule has 1 aromatic carbocycles. The second-order valence-corrected chi connectivity index (χ2v) is 6.65. The lowest BCUT2D eigenvalue weighted by molar-refractivity contribution is 0.0963. The summed E-state index contributed by atoms with van der Waals surface area (Å²) in [7, 11) is 1.77. The Labute approximate surface area is 188 Å². The molecule has 0 radical (unpaired) electrons. The minimum absolute atomic E-state index is 0. The Hall–Kier alpha value is -2.30. The predicted molar refractivity (Wildman–Crippen MR) is 124 cm³/mol. The Kier molecular flexibility index (Phi) is 9.23. The smallest absolute Gasteiger partial charge is 0.409 e. The summed E-state index contributed by atoms with van der Waals surface area (Å²) in [6.07, 6.45) is 5.21. The Morgan fingerprint density at radius 2 is 2.10 bits per heavy atom. The normalized spacial score (nSPS) is 14.8. The molecular formula is C20H29IN6O2. The summed E-state index contributed by atoms with van der Waals surface area (Å²) in [5, 5.41) is 11.1. The molecule has 0 atom stereocenters. The number of aromatic nitrogens is 2. The van der Waals surface area contributed by atoms with Crippen LogP contribution >= 0.6 is 24.0 Å². The first-order valence-electron chi connectivity index (χ1n) is 9.67. The third kappa shape index (κ3) is 6.62. The highest BCUT2D eigenvalue weighted by Crippen LogP contribution is 2.12. The fourth-order valence-electron chi connectivity index (χ4n) is 3.23. The van der Waals surface area contributed by atoms with Crippen molar-refractivity contribution in [3.63, 3.8) is 0 Å². The zero-order chi connectivity index (χ0) is 19.8. The van der Waals surface area contributed by atoms with Gasteiger partial charge < -0.3 is 20.3 Å². The van der Waals surface area contributed by atoms with Gasteiger partial charge in [0.2, 0.25) is 0 Å². The van der Waals surface area contributed by atoms with Gasteiger partial charge in [0, 0.05) is 45.1 Å². The average Bonchev–Trinajstić information content (AvgIpc) is 3.27. The van der Waals surface area contributed by atoms with E-state index in [1.165, 1.54) is 0 Å². The summed E-state index contributed by atoms with van der Waals surface area (Å²) < 4.78 is 6.91. The predicted octanol–water partition coefficient (Wildman–Crippen LogP) is 2.78. The van der Waals surface area contributed by atoms with Gasteiger partial charge in [-0.05, 0) is 43.5 Å². The number of halogens is 1. The quantitative estimate of drug-likeness (QED) is 0.366.